The van der Waals surface area contributed by atoms with Gasteiger partial charge in [-0.3, -0.25) is 0 Å². The Morgan fingerprint density at radius 3 is 2.65 bits per heavy atom. The average molecular weight is 227 g/mol. The van der Waals surface area contributed by atoms with Crippen LogP contribution in [0, 0.1) is 6.92 Å². The minimum atomic E-state index is -0.166. The van der Waals surface area contributed by atoms with Gasteiger partial charge in [0.15, 0.2) is 5.82 Å². The first-order chi connectivity index (χ1) is 8.16. The van der Waals surface area contributed by atoms with E-state index in [1.807, 2.05) is 0 Å². The number of aromatic nitrogens is 3. The predicted octanol–water partition coefficient (Wildman–Crippen LogP) is 2.90. The second kappa shape index (κ2) is 4.62. The molecule has 0 spiro atoms. The van der Waals surface area contributed by atoms with Gasteiger partial charge < -0.3 is 0 Å². The van der Waals surface area contributed by atoms with Crippen molar-refractivity contribution in [3.63, 3.8) is 0 Å². The van der Waals surface area contributed by atoms with Crippen molar-refractivity contribution < 1.29 is 0 Å². The molecule has 1 aromatic heterocycles. The molecule has 2 rings (SSSR count). The van der Waals surface area contributed by atoms with E-state index in [1.54, 1.807) is 12.4 Å². The van der Waals surface area contributed by atoms with Crippen LogP contribution in [-0.2, 0) is 5.41 Å². The molecule has 0 fully saturated rings. The molecule has 2 aromatic rings. The van der Waals surface area contributed by atoms with Crippen molar-refractivity contribution in [1.82, 2.24) is 15.2 Å². The summed E-state index contributed by atoms with van der Waals surface area (Å²) in [6, 6.07) is 8.51. The van der Waals surface area contributed by atoms with E-state index in [4.69, 9.17) is 0 Å². The Bertz CT molecular complexity index is 496. The SMILES string of the molecule is CCC(C)(c1cccc(C)c1)c1nccnn1. The van der Waals surface area contributed by atoms with E-state index in [0.717, 1.165) is 12.2 Å². The zero-order valence-electron chi connectivity index (χ0n) is 10.5. The molecule has 0 aliphatic rings. The summed E-state index contributed by atoms with van der Waals surface area (Å²) in [6.07, 6.45) is 4.25. The maximum Gasteiger partial charge on any atom is 0.161 e. The molecule has 1 atom stereocenters. The third-order valence-corrected chi connectivity index (χ3v) is 3.34. The Hall–Kier alpha value is -1.77. The number of benzene rings is 1. The summed E-state index contributed by atoms with van der Waals surface area (Å²) in [4.78, 5) is 4.35. The second-order valence-corrected chi connectivity index (χ2v) is 4.52. The molecule has 0 aliphatic heterocycles. The van der Waals surface area contributed by atoms with Gasteiger partial charge >= 0.3 is 0 Å². The van der Waals surface area contributed by atoms with Gasteiger partial charge in [-0.15, -0.1) is 5.10 Å². The van der Waals surface area contributed by atoms with Crippen LogP contribution in [0.1, 0.15) is 37.2 Å². The quantitative estimate of drug-likeness (QED) is 0.809. The fraction of sp³-hybridized carbons (Fsp3) is 0.357. The minimum absolute atomic E-state index is 0.166. The summed E-state index contributed by atoms with van der Waals surface area (Å²) in [6.45, 7) is 6.42. The van der Waals surface area contributed by atoms with E-state index in [2.05, 4.69) is 60.2 Å². The van der Waals surface area contributed by atoms with Crippen LogP contribution in [0.4, 0.5) is 0 Å². The normalized spacial score (nSPS) is 14.3. The lowest BCUT2D eigenvalue weighted by Crippen LogP contribution is -2.26. The topological polar surface area (TPSA) is 38.7 Å². The fourth-order valence-electron chi connectivity index (χ4n) is 1.98. The van der Waals surface area contributed by atoms with Crippen molar-refractivity contribution in [2.24, 2.45) is 0 Å². The minimum Gasteiger partial charge on any atom is -0.237 e. The molecule has 0 N–H and O–H groups in total. The summed E-state index contributed by atoms with van der Waals surface area (Å²) < 4.78 is 0. The van der Waals surface area contributed by atoms with Crippen LogP contribution < -0.4 is 0 Å². The molecule has 0 saturated carbocycles. The largest absolute Gasteiger partial charge is 0.237 e. The molecule has 0 aliphatic carbocycles. The van der Waals surface area contributed by atoms with Gasteiger partial charge in [-0.1, -0.05) is 36.8 Å². The Morgan fingerprint density at radius 1 is 1.24 bits per heavy atom. The fourth-order valence-corrected chi connectivity index (χ4v) is 1.98. The predicted molar refractivity (Wildman–Crippen MR) is 67.8 cm³/mol. The van der Waals surface area contributed by atoms with Crippen molar-refractivity contribution in [2.45, 2.75) is 32.6 Å². The third-order valence-electron chi connectivity index (χ3n) is 3.34. The van der Waals surface area contributed by atoms with Crippen LogP contribution in [0.3, 0.4) is 0 Å². The molecular formula is C14H17N3. The highest BCUT2D eigenvalue weighted by Crippen LogP contribution is 2.32. The van der Waals surface area contributed by atoms with Gasteiger partial charge in [0.25, 0.3) is 0 Å². The van der Waals surface area contributed by atoms with Crippen molar-refractivity contribution in [3.8, 4) is 0 Å². The van der Waals surface area contributed by atoms with Crippen molar-refractivity contribution in [1.29, 1.82) is 0 Å². The zero-order chi connectivity index (χ0) is 12.3. The molecule has 0 amide bonds. The number of aryl methyl sites for hydroxylation is 1. The Balaban J connectivity index is 2.52. The monoisotopic (exact) mass is 227 g/mol. The van der Waals surface area contributed by atoms with E-state index in [1.165, 1.54) is 11.1 Å². The van der Waals surface area contributed by atoms with Gasteiger partial charge in [-0.2, -0.15) is 5.10 Å². The average Bonchev–Trinajstić information content (AvgIpc) is 2.39. The molecule has 0 radical (unpaired) electrons. The Morgan fingerprint density at radius 2 is 2.06 bits per heavy atom. The van der Waals surface area contributed by atoms with Crippen LogP contribution >= 0.6 is 0 Å². The second-order valence-electron chi connectivity index (χ2n) is 4.52. The van der Waals surface area contributed by atoms with Crippen molar-refractivity contribution in [3.05, 3.63) is 53.6 Å². The first-order valence-electron chi connectivity index (χ1n) is 5.88. The summed E-state index contributed by atoms with van der Waals surface area (Å²) >= 11 is 0. The molecule has 1 unspecified atom stereocenters. The standard InChI is InChI=1S/C14H17N3/c1-4-14(3,13-15-8-9-16-17-13)12-7-5-6-11(2)10-12/h5-10H,4H2,1-3H3. The molecular weight excluding hydrogens is 210 g/mol. The van der Waals surface area contributed by atoms with E-state index >= 15 is 0 Å². The van der Waals surface area contributed by atoms with Crippen molar-refractivity contribution >= 4 is 0 Å². The van der Waals surface area contributed by atoms with E-state index < -0.39 is 0 Å². The van der Waals surface area contributed by atoms with Crippen LogP contribution in [0.25, 0.3) is 0 Å². The van der Waals surface area contributed by atoms with Crippen LogP contribution in [0.2, 0.25) is 0 Å². The lowest BCUT2D eigenvalue weighted by atomic mass is 9.79. The van der Waals surface area contributed by atoms with Gasteiger partial charge in [-0.25, -0.2) is 4.98 Å². The lowest BCUT2D eigenvalue weighted by molar-refractivity contribution is 0.503. The number of nitrogens with zero attached hydrogens (tertiary/aromatic N) is 3. The molecule has 88 valence electrons. The molecule has 1 heterocycles. The highest BCUT2D eigenvalue weighted by molar-refractivity contribution is 5.34. The highest BCUT2D eigenvalue weighted by atomic mass is 15.1. The zero-order valence-corrected chi connectivity index (χ0v) is 10.5. The number of hydrogen-bond acceptors (Lipinski definition) is 3. The van der Waals surface area contributed by atoms with Gasteiger partial charge in [0.1, 0.15) is 0 Å². The first-order valence-corrected chi connectivity index (χ1v) is 5.88. The maximum absolute atomic E-state index is 4.35. The Labute approximate surface area is 102 Å². The highest BCUT2D eigenvalue weighted by Gasteiger charge is 2.30. The molecule has 3 heteroatoms. The van der Waals surface area contributed by atoms with Crippen LogP contribution in [0.5, 0.6) is 0 Å². The number of rotatable bonds is 3. The smallest absolute Gasteiger partial charge is 0.161 e. The summed E-state index contributed by atoms with van der Waals surface area (Å²) in [5.41, 5.74) is 2.33. The summed E-state index contributed by atoms with van der Waals surface area (Å²) in [7, 11) is 0. The Kier molecular flexibility index (Phi) is 3.18. The molecule has 0 saturated heterocycles. The van der Waals surface area contributed by atoms with Crippen LogP contribution in [-0.4, -0.2) is 15.2 Å². The molecule has 1 aromatic carbocycles. The maximum atomic E-state index is 4.35. The molecule has 0 bridgehead atoms. The summed E-state index contributed by atoms with van der Waals surface area (Å²) in [5.74, 6) is 0.785. The molecule has 3 nitrogen and oxygen atoms in total. The number of hydrogen-bond donors (Lipinski definition) is 0. The van der Waals surface area contributed by atoms with Crippen molar-refractivity contribution in [2.75, 3.05) is 0 Å². The first kappa shape index (κ1) is 11.7. The van der Waals surface area contributed by atoms with Crippen LogP contribution in [0.15, 0.2) is 36.7 Å². The summed E-state index contributed by atoms with van der Waals surface area (Å²) in [5, 5.41) is 8.10. The third kappa shape index (κ3) is 2.18. The van der Waals surface area contributed by atoms with Gasteiger partial charge in [0.05, 0.1) is 11.6 Å². The van der Waals surface area contributed by atoms with Gasteiger partial charge in [0, 0.05) is 6.20 Å². The van der Waals surface area contributed by atoms with Gasteiger partial charge in [0.2, 0.25) is 0 Å². The lowest BCUT2D eigenvalue weighted by Gasteiger charge is -2.26. The molecule has 17 heavy (non-hydrogen) atoms. The van der Waals surface area contributed by atoms with E-state index in [9.17, 15) is 0 Å². The van der Waals surface area contributed by atoms with Gasteiger partial charge in [-0.05, 0) is 25.8 Å². The van der Waals surface area contributed by atoms with E-state index in [0.29, 0.717) is 0 Å². The van der Waals surface area contributed by atoms with E-state index in [-0.39, 0.29) is 5.41 Å².